The standard InChI is InChI=1S/C31H36ClN3O4S/c1-23-10-9-11-25(20-23)21-34(24(2)31(37)33-27-12-5-3-6-13-27)30(36)22-35(28-14-7-4-8-15-28)40(38,39)29-18-16-26(32)17-19-29/h4,7-11,14-20,24,27H,3,5-6,12-13,21-22H2,1-2H3,(H,33,37)/t24-/m0/s1. The number of benzene rings is 3. The average molecular weight is 582 g/mol. The topological polar surface area (TPSA) is 86.8 Å². The zero-order valence-electron chi connectivity index (χ0n) is 22.9. The number of carbonyl (C=O) groups is 2. The summed E-state index contributed by atoms with van der Waals surface area (Å²) in [4.78, 5) is 28.9. The van der Waals surface area contributed by atoms with Gasteiger partial charge in [-0.15, -0.1) is 0 Å². The second-order valence-corrected chi connectivity index (χ2v) is 12.6. The van der Waals surface area contributed by atoms with E-state index in [1.54, 1.807) is 37.3 Å². The first-order chi connectivity index (χ1) is 19.1. The highest BCUT2D eigenvalue weighted by Crippen LogP contribution is 2.26. The van der Waals surface area contributed by atoms with Gasteiger partial charge in [0.1, 0.15) is 12.6 Å². The Hall–Kier alpha value is -3.36. The number of anilines is 1. The number of aryl methyl sites for hydroxylation is 1. The van der Waals surface area contributed by atoms with Crippen molar-refractivity contribution in [2.75, 3.05) is 10.8 Å². The molecule has 0 unspecified atom stereocenters. The van der Waals surface area contributed by atoms with E-state index < -0.39 is 28.5 Å². The van der Waals surface area contributed by atoms with Crippen molar-refractivity contribution < 1.29 is 18.0 Å². The number of amides is 2. The molecule has 212 valence electrons. The van der Waals surface area contributed by atoms with Crippen LogP contribution < -0.4 is 9.62 Å². The number of hydrogen-bond donors (Lipinski definition) is 1. The second-order valence-electron chi connectivity index (χ2n) is 10.3. The Kier molecular flexibility index (Phi) is 9.87. The summed E-state index contributed by atoms with van der Waals surface area (Å²) in [5, 5.41) is 3.53. The van der Waals surface area contributed by atoms with Gasteiger partial charge in [-0.2, -0.15) is 0 Å². The maximum atomic E-state index is 14.0. The molecule has 0 bridgehead atoms. The smallest absolute Gasteiger partial charge is 0.264 e. The van der Waals surface area contributed by atoms with Crippen LogP contribution >= 0.6 is 11.6 Å². The van der Waals surface area contributed by atoms with Crippen LogP contribution in [0.3, 0.4) is 0 Å². The normalized spacial score (nSPS) is 14.8. The van der Waals surface area contributed by atoms with Crippen LogP contribution in [-0.2, 0) is 26.2 Å². The van der Waals surface area contributed by atoms with Crippen LogP contribution in [0.25, 0.3) is 0 Å². The number of sulfonamides is 1. The molecule has 1 saturated carbocycles. The highest BCUT2D eigenvalue weighted by molar-refractivity contribution is 7.92. The second kappa shape index (κ2) is 13.3. The van der Waals surface area contributed by atoms with E-state index in [1.807, 2.05) is 31.2 Å². The van der Waals surface area contributed by atoms with Crippen LogP contribution in [-0.4, -0.2) is 43.8 Å². The fourth-order valence-corrected chi connectivity index (χ4v) is 6.56. The van der Waals surface area contributed by atoms with E-state index in [1.165, 1.54) is 29.2 Å². The van der Waals surface area contributed by atoms with Crippen molar-refractivity contribution in [3.63, 3.8) is 0 Å². The Morgan fingerprint density at radius 3 is 2.27 bits per heavy atom. The predicted octanol–water partition coefficient (Wildman–Crippen LogP) is 5.71. The van der Waals surface area contributed by atoms with Crippen LogP contribution in [0, 0.1) is 6.92 Å². The molecule has 9 heteroatoms. The lowest BCUT2D eigenvalue weighted by Crippen LogP contribution is -2.53. The molecule has 0 heterocycles. The maximum Gasteiger partial charge on any atom is 0.264 e. The van der Waals surface area contributed by atoms with Gasteiger partial charge in [-0.05, 0) is 68.7 Å². The van der Waals surface area contributed by atoms with Crippen LogP contribution in [0.4, 0.5) is 5.69 Å². The van der Waals surface area contributed by atoms with Crippen molar-refractivity contribution in [2.45, 2.75) is 69.5 Å². The van der Waals surface area contributed by atoms with Crippen LogP contribution in [0.1, 0.15) is 50.2 Å². The minimum absolute atomic E-state index is 0.0156. The fourth-order valence-electron chi connectivity index (χ4n) is 5.02. The van der Waals surface area contributed by atoms with Gasteiger partial charge in [0.05, 0.1) is 10.6 Å². The first-order valence-corrected chi connectivity index (χ1v) is 15.5. The maximum absolute atomic E-state index is 14.0. The molecule has 0 aromatic heterocycles. The molecule has 4 rings (SSSR count). The zero-order valence-corrected chi connectivity index (χ0v) is 24.5. The molecule has 1 atom stereocenters. The number of rotatable bonds is 10. The third kappa shape index (κ3) is 7.43. The lowest BCUT2D eigenvalue weighted by atomic mass is 9.95. The first-order valence-electron chi connectivity index (χ1n) is 13.6. The molecular formula is C31H36ClN3O4S. The van der Waals surface area contributed by atoms with E-state index in [0.717, 1.165) is 47.5 Å². The van der Waals surface area contributed by atoms with E-state index in [2.05, 4.69) is 5.32 Å². The van der Waals surface area contributed by atoms with E-state index in [0.29, 0.717) is 10.7 Å². The quantitative estimate of drug-likeness (QED) is 0.332. The van der Waals surface area contributed by atoms with Gasteiger partial charge in [0.25, 0.3) is 10.0 Å². The minimum atomic E-state index is -4.12. The average Bonchev–Trinajstić information content (AvgIpc) is 2.95. The summed E-state index contributed by atoms with van der Waals surface area (Å²) < 4.78 is 28.7. The molecule has 0 aliphatic heterocycles. The molecule has 1 N–H and O–H groups in total. The number of nitrogens with one attached hydrogen (secondary N) is 1. The molecule has 1 aliphatic carbocycles. The van der Waals surface area contributed by atoms with Gasteiger partial charge in [0.15, 0.2) is 0 Å². The van der Waals surface area contributed by atoms with Crippen molar-refractivity contribution in [1.29, 1.82) is 0 Å². The predicted molar refractivity (Wildman–Crippen MR) is 159 cm³/mol. The lowest BCUT2D eigenvalue weighted by molar-refractivity contribution is -0.139. The summed E-state index contributed by atoms with van der Waals surface area (Å²) in [5.41, 5.74) is 2.23. The fraction of sp³-hybridized carbons (Fsp3) is 0.355. The monoisotopic (exact) mass is 581 g/mol. The highest BCUT2D eigenvalue weighted by atomic mass is 35.5. The first kappa shape index (κ1) is 29.6. The molecule has 0 spiro atoms. The van der Waals surface area contributed by atoms with Crippen molar-refractivity contribution in [3.8, 4) is 0 Å². The van der Waals surface area contributed by atoms with Crippen LogP contribution in [0.2, 0.25) is 5.02 Å². The van der Waals surface area contributed by atoms with Crippen LogP contribution in [0.5, 0.6) is 0 Å². The molecule has 40 heavy (non-hydrogen) atoms. The van der Waals surface area contributed by atoms with E-state index in [4.69, 9.17) is 11.6 Å². The molecule has 3 aromatic rings. The Morgan fingerprint density at radius 2 is 1.62 bits per heavy atom. The van der Waals surface area contributed by atoms with E-state index in [-0.39, 0.29) is 23.4 Å². The largest absolute Gasteiger partial charge is 0.352 e. The summed E-state index contributed by atoms with van der Waals surface area (Å²) in [6.45, 7) is 3.36. The van der Waals surface area contributed by atoms with Crippen LogP contribution in [0.15, 0.2) is 83.8 Å². The van der Waals surface area contributed by atoms with Gasteiger partial charge in [0.2, 0.25) is 11.8 Å². The summed E-state index contributed by atoms with van der Waals surface area (Å²) in [6.07, 6.45) is 5.15. The summed E-state index contributed by atoms with van der Waals surface area (Å²) >= 11 is 6.00. The highest BCUT2D eigenvalue weighted by Gasteiger charge is 2.33. The van der Waals surface area contributed by atoms with Gasteiger partial charge in [0, 0.05) is 17.6 Å². The van der Waals surface area contributed by atoms with Gasteiger partial charge in [-0.3, -0.25) is 13.9 Å². The number of hydrogen-bond acceptors (Lipinski definition) is 4. The molecule has 1 aliphatic rings. The lowest BCUT2D eigenvalue weighted by Gasteiger charge is -2.33. The Labute approximate surface area is 242 Å². The molecule has 2 amide bonds. The summed E-state index contributed by atoms with van der Waals surface area (Å²) in [5.74, 6) is -0.714. The van der Waals surface area contributed by atoms with E-state index in [9.17, 15) is 18.0 Å². The van der Waals surface area contributed by atoms with Crippen molar-refractivity contribution in [1.82, 2.24) is 10.2 Å². The summed E-state index contributed by atoms with van der Waals surface area (Å²) in [7, 11) is -4.12. The number of nitrogens with zero attached hydrogens (tertiary/aromatic N) is 2. The van der Waals surface area contributed by atoms with E-state index >= 15 is 0 Å². The molecule has 3 aromatic carbocycles. The van der Waals surface area contributed by atoms with Gasteiger partial charge >= 0.3 is 0 Å². The number of carbonyl (C=O) groups excluding carboxylic acids is 2. The number of halogens is 1. The Balaban J connectivity index is 1.65. The van der Waals surface area contributed by atoms with Crippen molar-refractivity contribution >= 4 is 39.1 Å². The molecule has 0 radical (unpaired) electrons. The molecular weight excluding hydrogens is 546 g/mol. The molecule has 7 nitrogen and oxygen atoms in total. The van der Waals surface area contributed by atoms with Gasteiger partial charge in [-0.1, -0.05) is 78.9 Å². The zero-order chi connectivity index (χ0) is 28.7. The summed E-state index contributed by atoms with van der Waals surface area (Å²) in [6, 6.07) is 21.4. The van der Waals surface area contributed by atoms with Crippen molar-refractivity contribution in [2.24, 2.45) is 0 Å². The Bertz CT molecular complexity index is 1410. The molecule has 1 fully saturated rings. The molecule has 0 saturated heterocycles. The number of para-hydroxylation sites is 1. The van der Waals surface area contributed by atoms with Gasteiger partial charge in [-0.25, -0.2) is 8.42 Å². The Morgan fingerprint density at radius 1 is 0.950 bits per heavy atom. The minimum Gasteiger partial charge on any atom is -0.352 e. The third-order valence-corrected chi connectivity index (χ3v) is 9.32. The van der Waals surface area contributed by atoms with Crippen molar-refractivity contribution in [3.05, 3.63) is 95.0 Å². The third-order valence-electron chi connectivity index (χ3n) is 7.28. The van der Waals surface area contributed by atoms with Gasteiger partial charge < -0.3 is 10.2 Å². The SMILES string of the molecule is Cc1cccc(CN(C(=O)CN(c2ccccc2)S(=O)(=O)c2ccc(Cl)cc2)[C@@H](C)C(=O)NC2CCCCC2)c1.